The summed E-state index contributed by atoms with van der Waals surface area (Å²) < 4.78 is 4.76. The maximum absolute atomic E-state index is 4.76. The van der Waals surface area contributed by atoms with E-state index in [2.05, 4.69) is 27.8 Å². The van der Waals surface area contributed by atoms with Crippen LogP contribution in [0.3, 0.4) is 0 Å². The molecule has 1 rings (SSSR count). The van der Waals surface area contributed by atoms with Crippen molar-refractivity contribution in [2.24, 2.45) is 0 Å². The van der Waals surface area contributed by atoms with Crippen LogP contribution in [0.4, 0.5) is 0 Å². The van der Waals surface area contributed by atoms with Gasteiger partial charge in [0.15, 0.2) is 5.82 Å². The summed E-state index contributed by atoms with van der Waals surface area (Å²) in [6.45, 7) is 0.434. The molecular formula is C4H6N3OS. The van der Waals surface area contributed by atoms with Gasteiger partial charge in [0.2, 0.25) is 5.16 Å². The van der Waals surface area contributed by atoms with Gasteiger partial charge in [-0.25, -0.2) is 4.98 Å². The second kappa shape index (κ2) is 2.75. The molecule has 0 unspecified atom stereocenters. The van der Waals surface area contributed by atoms with E-state index in [9.17, 15) is 0 Å². The smallest absolute Gasteiger partial charge is 0.239 e. The van der Waals surface area contributed by atoms with E-state index in [0.717, 1.165) is 0 Å². The molecule has 9 heavy (non-hydrogen) atoms. The monoisotopic (exact) mass is 144 g/mol. The number of aromatic nitrogens is 3. The Morgan fingerprint density at radius 1 is 1.78 bits per heavy atom. The molecule has 0 fully saturated rings. The molecule has 0 saturated carbocycles. The molecule has 0 aliphatic rings. The highest BCUT2D eigenvalue weighted by atomic mass is 32.1. The molecule has 0 amide bonds. The van der Waals surface area contributed by atoms with Gasteiger partial charge in [-0.1, -0.05) is 0 Å². The highest BCUT2D eigenvalue weighted by molar-refractivity contribution is 7.80. The highest BCUT2D eigenvalue weighted by Gasteiger charge is 1.96. The lowest BCUT2D eigenvalue weighted by Crippen LogP contribution is -1.88. The van der Waals surface area contributed by atoms with Crippen LogP contribution < -0.4 is 0 Å². The van der Waals surface area contributed by atoms with Gasteiger partial charge in [-0.3, -0.25) is 5.10 Å². The molecule has 0 saturated heterocycles. The van der Waals surface area contributed by atoms with E-state index in [1.807, 2.05) is 0 Å². The van der Waals surface area contributed by atoms with E-state index in [1.54, 1.807) is 7.11 Å². The second-order valence-electron chi connectivity index (χ2n) is 1.50. The van der Waals surface area contributed by atoms with Crippen molar-refractivity contribution < 1.29 is 4.74 Å². The van der Waals surface area contributed by atoms with Crippen molar-refractivity contribution in [2.75, 3.05) is 7.11 Å². The summed E-state index contributed by atoms with van der Waals surface area (Å²) in [6, 6.07) is 0. The summed E-state index contributed by atoms with van der Waals surface area (Å²) in [5.41, 5.74) is 0. The van der Waals surface area contributed by atoms with Gasteiger partial charge in [0.05, 0.1) is 0 Å². The molecule has 0 aliphatic heterocycles. The molecule has 5 heteroatoms. The zero-order valence-electron chi connectivity index (χ0n) is 4.92. The van der Waals surface area contributed by atoms with E-state index in [-0.39, 0.29) is 0 Å². The van der Waals surface area contributed by atoms with Crippen LogP contribution in [0, 0.1) is 0 Å². The van der Waals surface area contributed by atoms with E-state index in [1.165, 1.54) is 0 Å². The predicted molar refractivity (Wildman–Crippen MR) is 33.0 cm³/mol. The summed E-state index contributed by atoms with van der Waals surface area (Å²) in [7, 11) is 1.59. The Kier molecular flexibility index (Phi) is 1.96. The number of ether oxygens (including phenoxy) is 1. The Bertz CT molecular complexity index is 188. The topological polar surface area (TPSA) is 50.8 Å². The van der Waals surface area contributed by atoms with Crippen molar-refractivity contribution in [1.29, 1.82) is 0 Å². The summed E-state index contributed by atoms with van der Waals surface area (Å²) in [6.07, 6.45) is 0. The quantitative estimate of drug-likeness (QED) is 0.657. The number of hydrogen-bond donors (Lipinski definition) is 1. The van der Waals surface area contributed by atoms with Crippen LogP contribution in [-0.4, -0.2) is 22.3 Å². The molecule has 1 heterocycles. The maximum atomic E-state index is 4.76. The number of hydrogen-bond acceptors (Lipinski definition) is 3. The summed E-state index contributed by atoms with van der Waals surface area (Å²) in [5.74, 6) is 0.669. The lowest BCUT2D eigenvalue weighted by molar-refractivity contribution is 0.178. The molecule has 1 aromatic rings. The molecule has 0 spiro atoms. The van der Waals surface area contributed by atoms with Crippen molar-refractivity contribution in [3.05, 3.63) is 5.82 Å². The Morgan fingerprint density at radius 2 is 2.56 bits per heavy atom. The van der Waals surface area contributed by atoms with Gasteiger partial charge in [0.25, 0.3) is 0 Å². The molecule has 0 aliphatic carbocycles. The molecule has 1 N–H and O–H groups in total. The first kappa shape index (κ1) is 6.44. The lowest BCUT2D eigenvalue weighted by atomic mass is 10.7. The minimum Gasteiger partial charge on any atom is -0.377 e. The van der Waals surface area contributed by atoms with Crippen molar-refractivity contribution in [3.63, 3.8) is 0 Å². The number of H-pyrrole nitrogens is 1. The SMILES string of the molecule is COCc1nc([S])n[nH]1. The summed E-state index contributed by atoms with van der Waals surface area (Å²) >= 11 is 4.64. The summed E-state index contributed by atoms with van der Waals surface area (Å²) in [5, 5.41) is 6.59. The van der Waals surface area contributed by atoms with Gasteiger partial charge in [0.1, 0.15) is 6.61 Å². The predicted octanol–water partition coefficient (Wildman–Crippen LogP) is 0.508. The van der Waals surface area contributed by atoms with Crippen LogP contribution >= 0.6 is 12.6 Å². The number of methoxy groups -OCH3 is 1. The van der Waals surface area contributed by atoms with Gasteiger partial charge >= 0.3 is 0 Å². The molecule has 1 aromatic heterocycles. The molecule has 0 aromatic carbocycles. The second-order valence-corrected chi connectivity index (χ2v) is 1.86. The van der Waals surface area contributed by atoms with Gasteiger partial charge in [-0.2, -0.15) is 0 Å². The largest absolute Gasteiger partial charge is 0.377 e. The zero-order valence-corrected chi connectivity index (χ0v) is 5.73. The van der Waals surface area contributed by atoms with Gasteiger partial charge in [-0.05, 0) is 12.6 Å². The Morgan fingerprint density at radius 3 is 3.00 bits per heavy atom. The van der Waals surface area contributed by atoms with E-state index in [0.29, 0.717) is 17.6 Å². The standard InChI is InChI=1S/C4H6N3OS/c1-8-2-3-5-4(9)7-6-3/h2H2,1H3,(H,5,6,7). The molecule has 0 bridgehead atoms. The summed E-state index contributed by atoms with van der Waals surface area (Å²) in [4.78, 5) is 3.82. The molecule has 49 valence electrons. The molecule has 0 atom stereocenters. The van der Waals surface area contributed by atoms with Crippen LogP contribution in [-0.2, 0) is 11.3 Å². The Balaban J connectivity index is 2.61. The lowest BCUT2D eigenvalue weighted by Gasteiger charge is -1.87. The number of nitrogens with one attached hydrogen (secondary N) is 1. The van der Waals surface area contributed by atoms with Crippen LogP contribution in [0.5, 0.6) is 0 Å². The minimum absolute atomic E-state index is 0.335. The molecular weight excluding hydrogens is 138 g/mol. The van der Waals surface area contributed by atoms with E-state index in [4.69, 9.17) is 4.74 Å². The minimum atomic E-state index is 0.335. The average Bonchev–Trinajstić information content (AvgIpc) is 2.17. The third kappa shape index (κ3) is 1.62. The fraction of sp³-hybridized carbons (Fsp3) is 0.500. The van der Waals surface area contributed by atoms with E-state index < -0.39 is 0 Å². The number of aromatic amines is 1. The van der Waals surface area contributed by atoms with Crippen LogP contribution in [0.1, 0.15) is 5.82 Å². The van der Waals surface area contributed by atoms with Crippen molar-refractivity contribution in [3.8, 4) is 0 Å². The van der Waals surface area contributed by atoms with Crippen molar-refractivity contribution in [1.82, 2.24) is 15.2 Å². The number of rotatable bonds is 2. The van der Waals surface area contributed by atoms with Crippen LogP contribution in [0.25, 0.3) is 0 Å². The normalized spacial score (nSPS) is 9.89. The fourth-order valence-corrected chi connectivity index (χ4v) is 0.635. The third-order valence-corrected chi connectivity index (χ3v) is 0.975. The highest BCUT2D eigenvalue weighted by Crippen LogP contribution is 1.96. The first-order valence-electron chi connectivity index (χ1n) is 2.40. The van der Waals surface area contributed by atoms with Crippen LogP contribution in [0.15, 0.2) is 5.16 Å². The van der Waals surface area contributed by atoms with Gasteiger partial charge < -0.3 is 4.74 Å². The number of nitrogens with zero attached hydrogens (tertiary/aromatic N) is 2. The maximum Gasteiger partial charge on any atom is 0.239 e. The Labute approximate surface area is 58.0 Å². The van der Waals surface area contributed by atoms with Gasteiger partial charge in [0, 0.05) is 7.11 Å². The first-order chi connectivity index (χ1) is 4.33. The average molecular weight is 144 g/mol. The third-order valence-electron chi connectivity index (χ3n) is 0.792. The molecule has 1 radical (unpaired) electrons. The van der Waals surface area contributed by atoms with Gasteiger partial charge in [-0.15, -0.1) is 5.10 Å². The fourth-order valence-electron chi connectivity index (χ4n) is 0.479. The van der Waals surface area contributed by atoms with Crippen molar-refractivity contribution >= 4 is 12.6 Å². The van der Waals surface area contributed by atoms with Crippen molar-refractivity contribution in [2.45, 2.75) is 11.8 Å². The van der Waals surface area contributed by atoms with E-state index >= 15 is 0 Å². The molecule has 4 nitrogen and oxygen atoms in total. The Hall–Kier alpha value is -0.680. The van der Waals surface area contributed by atoms with Crippen LogP contribution in [0.2, 0.25) is 0 Å². The zero-order chi connectivity index (χ0) is 6.69. The first-order valence-corrected chi connectivity index (χ1v) is 2.81.